The molecule has 148 valence electrons. The lowest BCUT2D eigenvalue weighted by atomic mass is 10.1. The Kier molecular flexibility index (Phi) is 5.37. The molecule has 2 aromatic heterocycles. The highest BCUT2D eigenvalue weighted by Crippen LogP contribution is 2.34. The van der Waals surface area contributed by atoms with Gasteiger partial charge in [-0.15, -0.1) is 11.3 Å². The molecule has 1 aromatic carbocycles. The Morgan fingerprint density at radius 3 is 2.82 bits per heavy atom. The Balaban J connectivity index is 1.44. The van der Waals surface area contributed by atoms with Crippen LogP contribution in [0, 0.1) is 0 Å². The molecule has 0 radical (unpaired) electrons. The summed E-state index contributed by atoms with van der Waals surface area (Å²) in [6, 6.07) is 5.98. The monoisotopic (exact) mass is 399 g/mol. The minimum absolute atomic E-state index is 0.00712. The van der Waals surface area contributed by atoms with Crippen molar-refractivity contribution in [3.8, 4) is 11.5 Å². The van der Waals surface area contributed by atoms with Crippen molar-refractivity contribution in [1.82, 2.24) is 14.9 Å². The molecule has 0 unspecified atom stereocenters. The van der Waals surface area contributed by atoms with Crippen molar-refractivity contribution >= 4 is 21.6 Å². The molecule has 2 heterocycles. The molecule has 28 heavy (non-hydrogen) atoms. The Bertz CT molecular complexity index is 1060. The second kappa shape index (κ2) is 7.93. The molecule has 1 aliphatic rings. The highest BCUT2D eigenvalue weighted by molar-refractivity contribution is 7.18. The van der Waals surface area contributed by atoms with Gasteiger partial charge in [-0.25, -0.2) is 4.98 Å². The maximum atomic E-state index is 12.6. The molecule has 0 saturated heterocycles. The summed E-state index contributed by atoms with van der Waals surface area (Å²) in [7, 11) is 5.32. The molecule has 0 spiro atoms. The summed E-state index contributed by atoms with van der Waals surface area (Å²) in [6.07, 6.45) is 4.11. The van der Waals surface area contributed by atoms with Gasteiger partial charge in [0.2, 0.25) is 0 Å². The summed E-state index contributed by atoms with van der Waals surface area (Å²) < 4.78 is 10.7. The smallest absolute Gasteiger partial charge is 0.259 e. The van der Waals surface area contributed by atoms with Crippen LogP contribution in [0.2, 0.25) is 0 Å². The SMILES string of the molecule is COc1ccc(CCN(C)Cc2nc3sc4c(c3c(=O)[nH]2)CCC4)cc1OC. The molecule has 0 bridgehead atoms. The molecule has 0 saturated carbocycles. The summed E-state index contributed by atoms with van der Waals surface area (Å²) in [4.78, 5) is 24.7. The number of fused-ring (bicyclic) bond motifs is 3. The molecule has 1 N–H and O–H groups in total. The second-order valence-electron chi connectivity index (χ2n) is 7.23. The summed E-state index contributed by atoms with van der Waals surface area (Å²) in [6.45, 7) is 1.46. The molecule has 0 atom stereocenters. The van der Waals surface area contributed by atoms with Gasteiger partial charge in [0.05, 0.1) is 26.2 Å². The van der Waals surface area contributed by atoms with Crippen LogP contribution in [-0.4, -0.2) is 42.7 Å². The van der Waals surface area contributed by atoms with Crippen molar-refractivity contribution in [3.63, 3.8) is 0 Å². The van der Waals surface area contributed by atoms with E-state index in [0.29, 0.717) is 6.54 Å². The Labute approximate surface area is 168 Å². The van der Waals surface area contributed by atoms with Crippen molar-refractivity contribution in [3.05, 3.63) is 50.4 Å². The predicted octanol–water partition coefficient (Wildman–Crippen LogP) is 3.17. The van der Waals surface area contributed by atoms with Crippen molar-refractivity contribution in [2.75, 3.05) is 27.8 Å². The standard InChI is InChI=1S/C21H25N3O3S/c1-24(10-9-13-7-8-15(26-2)16(11-13)27-3)12-18-22-20(25)19-14-5-4-6-17(14)28-21(19)23-18/h7-8,11H,4-6,9-10,12H2,1-3H3,(H,22,23,25). The lowest BCUT2D eigenvalue weighted by Crippen LogP contribution is -2.24. The molecule has 0 aliphatic heterocycles. The van der Waals surface area contributed by atoms with E-state index in [-0.39, 0.29) is 5.56 Å². The summed E-state index contributed by atoms with van der Waals surface area (Å²) >= 11 is 1.68. The van der Waals surface area contributed by atoms with Crippen LogP contribution in [0.25, 0.3) is 10.2 Å². The first-order valence-corrected chi connectivity index (χ1v) is 10.3. The van der Waals surface area contributed by atoms with Gasteiger partial charge in [0.25, 0.3) is 5.56 Å². The zero-order chi connectivity index (χ0) is 19.7. The van der Waals surface area contributed by atoms with Crippen LogP contribution in [0.3, 0.4) is 0 Å². The van der Waals surface area contributed by atoms with Crippen molar-refractivity contribution in [2.45, 2.75) is 32.2 Å². The molecular formula is C21H25N3O3S. The molecule has 7 heteroatoms. The number of thiophene rings is 1. The number of benzene rings is 1. The number of hydrogen-bond donors (Lipinski definition) is 1. The first-order chi connectivity index (χ1) is 13.6. The second-order valence-corrected chi connectivity index (χ2v) is 8.31. The number of aryl methyl sites for hydroxylation is 2. The number of likely N-dealkylation sites (N-methyl/N-ethyl adjacent to an activating group) is 1. The van der Waals surface area contributed by atoms with E-state index in [4.69, 9.17) is 14.5 Å². The molecule has 3 aromatic rings. The Hall–Kier alpha value is -2.38. The molecule has 0 fully saturated rings. The van der Waals surface area contributed by atoms with Gasteiger partial charge in [-0.1, -0.05) is 6.07 Å². The van der Waals surface area contributed by atoms with Crippen LogP contribution in [-0.2, 0) is 25.8 Å². The van der Waals surface area contributed by atoms with E-state index in [2.05, 4.69) is 16.0 Å². The lowest BCUT2D eigenvalue weighted by Gasteiger charge is -2.16. The van der Waals surface area contributed by atoms with Crippen LogP contribution in [0.5, 0.6) is 11.5 Å². The van der Waals surface area contributed by atoms with Crippen LogP contribution in [0.15, 0.2) is 23.0 Å². The Morgan fingerprint density at radius 2 is 2.04 bits per heavy atom. The van der Waals surface area contributed by atoms with E-state index in [1.165, 1.54) is 16.0 Å². The van der Waals surface area contributed by atoms with Gasteiger partial charge in [-0.2, -0.15) is 0 Å². The zero-order valence-corrected chi connectivity index (χ0v) is 17.3. The molecule has 0 amide bonds. The fourth-order valence-corrected chi connectivity index (χ4v) is 5.09. The number of aromatic nitrogens is 2. The fourth-order valence-electron chi connectivity index (χ4n) is 3.81. The van der Waals surface area contributed by atoms with Gasteiger partial charge in [-0.05, 0) is 56.0 Å². The number of ether oxygens (including phenoxy) is 2. The normalized spacial score (nSPS) is 13.3. The van der Waals surface area contributed by atoms with Gasteiger partial charge in [0, 0.05) is 11.4 Å². The fraction of sp³-hybridized carbons (Fsp3) is 0.429. The van der Waals surface area contributed by atoms with Crippen molar-refractivity contribution < 1.29 is 9.47 Å². The van der Waals surface area contributed by atoms with Gasteiger partial charge >= 0.3 is 0 Å². The third-order valence-electron chi connectivity index (χ3n) is 5.27. The van der Waals surface area contributed by atoms with Gasteiger partial charge < -0.3 is 14.5 Å². The van der Waals surface area contributed by atoms with E-state index in [0.717, 1.165) is 59.8 Å². The lowest BCUT2D eigenvalue weighted by molar-refractivity contribution is 0.322. The first kappa shape index (κ1) is 19.0. The number of nitrogens with one attached hydrogen (secondary N) is 1. The van der Waals surface area contributed by atoms with E-state index >= 15 is 0 Å². The number of hydrogen-bond acceptors (Lipinski definition) is 6. The van der Waals surface area contributed by atoms with E-state index in [1.807, 2.05) is 19.2 Å². The molecule has 1 aliphatic carbocycles. The zero-order valence-electron chi connectivity index (χ0n) is 16.5. The third-order valence-corrected chi connectivity index (χ3v) is 6.46. The maximum Gasteiger partial charge on any atom is 0.259 e. The molecule has 6 nitrogen and oxygen atoms in total. The third kappa shape index (κ3) is 3.64. The van der Waals surface area contributed by atoms with Crippen molar-refractivity contribution in [2.24, 2.45) is 0 Å². The molecule has 4 rings (SSSR count). The van der Waals surface area contributed by atoms with Crippen molar-refractivity contribution in [1.29, 1.82) is 0 Å². The molecular weight excluding hydrogens is 374 g/mol. The minimum atomic E-state index is 0.00712. The average Bonchev–Trinajstić information content (AvgIpc) is 3.26. The van der Waals surface area contributed by atoms with Gasteiger partial charge in [-0.3, -0.25) is 9.69 Å². The number of aromatic amines is 1. The number of methoxy groups -OCH3 is 2. The number of nitrogens with zero attached hydrogens (tertiary/aromatic N) is 2. The first-order valence-electron chi connectivity index (χ1n) is 9.52. The topological polar surface area (TPSA) is 67.5 Å². The average molecular weight is 400 g/mol. The number of H-pyrrole nitrogens is 1. The summed E-state index contributed by atoms with van der Waals surface area (Å²) in [5.41, 5.74) is 2.41. The van der Waals surface area contributed by atoms with E-state index in [9.17, 15) is 4.79 Å². The van der Waals surface area contributed by atoms with Crippen LogP contribution in [0.4, 0.5) is 0 Å². The van der Waals surface area contributed by atoms with E-state index in [1.54, 1.807) is 25.6 Å². The van der Waals surface area contributed by atoms with Crippen LogP contribution in [0.1, 0.15) is 28.2 Å². The van der Waals surface area contributed by atoms with E-state index < -0.39 is 0 Å². The number of rotatable bonds is 7. The van der Waals surface area contributed by atoms with Gasteiger partial charge in [0.1, 0.15) is 10.7 Å². The maximum absolute atomic E-state index is 12.6. The minimum Gasteiger partial charge on any atom is -0.493 e. The van der Waals surface area contributed by atoms with Gasteiger partial charge in [0.15, 0.2) is 11.5 Å². The highest BCUT2D eigenvalue weighted by atomic mass is 32.1. The quantitative estimate of drug-likeness (QED) is 0.661. The summed E-state index contributed by atoms with van der Waals surface area (Å²) in [5.74, 6) is 2.20. The largest absolute Gasteiger partial charge is 0.493 e. The highest BCUT2D eigenvalue weighted by Gasteiger charge is 2.21. The van der Waals surface area contributed by atoms with Crippen LogP contribution >= 0.6 is 11.3 Å². The Morgan fingerprint density at radius 1 is 1.21 bits per heavy atom. The van der Waals surface area contributed by atoms with Crippen LogP contribution < -0.4 is 15.0 Å². The predicted molar refractivity (Wildman–Crippen MR) is 112 cm³/mol. The summed E-state index contributed by atoms with van der Waals surface area (Å²) in [5, 5.41) is 0.814.